The molecule has 1 aliphatic rings. The zero-order chi connectivity index (χ0) is 23.4. The Balaban J connectivity index is 1.72. The Morgan fingerprint density at radius 1 is 1.27 bits per heavy atom. The first-order chi connectivity index (χ1) is 16.0. The molecule has 0 bridgehead atoms. The Kier molecular flexibility index (Phi) is 7.17. The molecule has 0 unspecified atom stereocenters. The van der Waals surface area contributed by atoms with E-state index in [1.165, 1.54) is 10.5 Å². The number of hydrogen-bond donors (Lipinski definition) is 2. The summed E-state index contributed by atoms with van der Waals surface area (Å²) in [5.41, 5.74) is 1.76. The predicted molar refractivity (Wildman–Crippen MR) is 124 cm³/mol. The number of hydrogen-bond acceptors (Lipinski definition) is 7. The Hall–Kier alpha value is -3.08. The molecule has 1 saturated heterocycles. The molecule has 0 saturated carbocycles. The van der Waals surface area contributed by atoms with Crippen molar-refractivity contribution < 1.29 is 14.3 Å². The van der Waals surface area contributed by atoms with E-state index in [9.17, 15) is 9.59 Å². The molecule has 10 heteroatoms. The molecular weight excluding hydrogens is 424 g/mol. The summed E-state index contributed by atoms with van der Waals surface area (Å²) in [6.45, 7) is 7.03. The van der Waals surface area contributed by atoms with E-state index in [0.29, 0.717) is 62.6 Å². The number of aromatic nitrogens is 3. The van der Waals surface area contributed by atoms with E-state index in [1.807, 2.05) is 13.0 Å². The third-order valence-electron chi connectivity index (χ3n) is 5.85. The Morgan fingerprint density at radius 2 is 2.06 bits per heavy atom. The highest BCUT2D eigenvalue weighted by molar-refractivity contribution is 5.96. The van der Waals surface area contributed by atoms with Crippen molar-refractivity contribution in [3.8, 4) is 0 Å². The highest BCUT2D eigenvalue weighted by atomic mass is 16.5. The van der Waals surface area contributed by atoms with Crippen molar-refractivity contribution in [1.29, 1.82) is 5.41 Å². The second kappa shape index (κ2) is 10.2. The maximum atomic E-state index is 13.3. The van der Waals surface area contributed by atoms with Crippen LogP contribution in [0.25, 0.3) is 16.7 Å². The number of nitrogens with one attached hydrogen (secondary N) is 2. The minimum Gasteiger partial charge on any atom is -0.385 e. The highest BCUT2D eigenvalue weighted by Gasteiger charge is 2.18. The van der Waals surface area contributed by atoms with Crippen molar-refractivity contribution in [3.63, 3.8) is 0 Å². The summed E-state index contributed by atoms with van der Waals surface area (Å²) in [5.74, 6) is -0.371. The van der Waals surface area contributed by atoms with E-state index in [1.54, 1.807) is 23.9 Å². The van der Waals surface area contributed by atoms with Crippen LogP contribution in [0.5, 0.6) is 0 Å². The molecule has 0 atom stereocenters. The lowest BCUT2D eigenvalue weighted by Gasteiger charge is -2.26. The van der Waals surface area contributed by atoms with Crippen molar-refractivity contribution in [2.45, 2.75) is 19.9 Å². The zero-order valence-corrected chi connectivity index (χ0v) is 19.1. The molecule has 33 heavy (non-hydrogen) atoms. The van der Waals surface area contributed by atoms with Crippen LogP contribution < -0.4 is 16.4 Å². The first-order valence-electron chi connectivity index (χ1n) is 11.2. The van der Waals surface area contributed by atoms with Crippen LogP contribution in [-0.2, 0) is 16.0 Å². The maximum Gasteiger partial charge on any atom is 0.267 e. The lowest BCUT2D eigenvalue weighted by molar-refractivity contribution is 0.0383. The number of morpholine rings is 1. The van der Waals surface area contributed by atoms with Crippen molar-refractivity contribution in [1.82, 2.24) is 24.2 Å². The lowest BCUT2D eigenvalue weighted by Crippen LogP contribution is -2.42. The molecule has 0 spiro atoms. The standard InChI is InChI=1S/C23H30N6O4/c1-16-4-5-19-26-21-18(23(31)29(19)15-16)14-17(20(24)28(21)7-3-11-32-2)22(30)25-6-8-27-9-12-33-13-10-27/h4-5,14-15,24H,3,6-13H2,1-2H3,(H,25,30). The summed E-state index contributed by atoms with van der Waals surface area (Å²) in [4.78, 5) is 33.2. The van der Waals surface area contributed by atoms with Crippen LogP contribution in [0.15, 0.2) is 29.2 Å². The number of nitrogens with zero attached hydrogens (tertiary/aromatic N) is 4. The Bertz CT molecular complexity index is 1280. The van der Waals surface area contributed by atoms with Gasteiger partial charge in [-0.25, -0.2) is 4.98 Å². The molecule has 1 aliphatic heterocycles. The van der Waals surface area contributed by atoms with Gasteiger partial charge in [0.15, 0.2) is 0 Å². The zero-order valence-electron chi connectivity index (χ0n) is 19.1. The van der Waals surface area contributed by atoms with Crippen LogP contribution in [0.2, 0.25) is 0 Å². The maximum absolute atomic E-state index is 13.3. The van der Waals surface area contributed by atoms with Crippen molar-refractivity contribution in [3.05, 3.63) is 51.4 Å². The van der Waals surface area contributed by atoms with Gasteiger partial charge < -0.3 is 19.4 Å². The van der Waals surface area contributed by atoms with Crippen LogP contribution in [0.4, 0.5) is 0 Å². The molecule has 2 N–H and O–H groups in total. The average Bonchev–Trinajstić information content (AvgIpc) is 2.82. The molecule has 4 heterocycles. The number of amides is 1. The van der Waals surface area contributed by atoms with Gasteiger partial charge in [0.1, 0.15) is 16.8 Å². The monoisotopic (exact) mass is 454 g/mol. The number of pyridine rings is 2. The summed E-state index contributed by atoms with van der Waals surface area (Å²) in [7, 11) is 1.61. The first-order valence-corrected chi connectivity index (χ1v) is 11.2. The minimum atomic E-state index is -0.371. The number of aryl methyl sites for hydroxylation is 2. The minimum absolute atomic E-state index is 0.0332. The normalized spacial score (nSPS) is 14.7. The second-order valence-corrected chi connectivity index (χ2v) is 8.20. The van der Waals surface area contributed by atoms with Crippen molar-refractivity contribution in [2.24, 2.45) is 0 Å². The van der Waals surface area contributed by atoms with E-state index in [2.05, 4.69) is 15.2 Å². The van der Waals surface area contributed by atoms with Crippen LogP contribution in [0.1, 0.15) is 22.3 Å². The van der Waals surface area contributed by atoms with E-state index < -0.39 is 0 Å². The SMILES string of the molecule is COCCCn1c(=N)c(C(=O)NCCN2CCOCC2)cc2c(=O)n3cc(C)ccc3nc21. The molecule has 0 radical (unpaired) electrons. The smallest absolute Gasteiger partial charge is 0.267 e. The van der Waals surface area contributed by atoms with Gasteiger partial charge in [-0.1, -0.05) is 6.07 Å². The molecule has 1 amide bonds. The summed E-state index contributed by atoms with van der Waals surface area (Å²) in [5, 5.41) is 11.9. The number of methoxy groups -OCH3 is 1. The van der Waals surface area contributed by atoms with Crippen LogP contribution in [0, 0.1) is 12.3 Å². The van der Waals surface area contributed by atoms with E-state index in [4.69, 9.17) is 14.9 Å². The third kappa shape index (κ3) is 4.97. The molecule has 3 aromatic heterocycles. The Morgan fingerprint density at radius 3 is 2.82 bits per heavy atom. The van der Waals surface area contributed by atoms with E-state index >= 15 is 0 Å². The number of ether oxygens (including phenoxy) is 2. The van der Waals surface area contributed by atoms with Gasteiger partial charge in [-0.2, -0.15) is 0 Å². The largest absolute Gasteiger partial charge is 0.385 e. The van der Waals surface area contributed by atoms with Gasteiger partial charge in [0.05, 0.1) is 24.2 Å². The lowest BCUT2D eigenvalue weighted by atomic mass is 10.2. The molecule has 0 aromatic carbocycles. The summed E-state index contributed by atoms with van der Waals surface area (Å²) in [6.07, 6.45) is 2.36. The third-order valence-corrected chi connectivity index (χ3v) is 5.85. The molecule has 1 fully saturated rings. The van der Waals surface area contributed by atoms with E-state index in [-0.39, 0.29) is 22.5 Å². The summed E-state index contributed by atoms with van der Waals surface area (Å²) >= 11 is 0. The fraction of sp³-hybridized carbons (Fsp3) is 0.478. The topological polar surface area (TPSA) is 114 Å². The van der Waals surface area contributed by atoms with Crippen LogP contribution >= 0.6 is 0 Å². The number of carbonyl (C=O) groups is 1. The number of carbonyl (C=O) groups excluding carboxylic acids is 1. The predicted octanol–water partition coefficient (Wildman–Crippen LogP) is 0.536. The molecule has 0 aliphatic carbocycles. The van der Waals surface area contributed by atoms with Gasteiger partial charge in [0, 0.05) is 52.6 Å². The van der Waals surface area contributed by atoms with Crippen molar-refractivity contribution in [2.75, 3.05) is 53.1 Å². The average molecular weight is 455 g/mol. The molecule has 10 nitrogen and oxygen atoms in total. The fourth-order valence-corrected chi connectivity index (χ4v) is 4.05. The quantitative estimate of drug-likeness (QED) is 0.379. The molecule has 176 valence electrons. The van der Waals surface area contributed by atoms with Gasteiger partial charge in [-0.05, 0) is 31.0 Å². The molecule has 4 rings (SSSR count). The van der Waals surface area contributed by atoms with Crippen LogP contribution in [-0.4, -0.2) is 77.9 Å². The molecule has 3 aromatic rings. The molecular formula is C23H30N6O4. The van der Waals surface area contributed by atoms with Crippen LogP contribution in [0.3, 0.4) is 0 Å². The number of rotatable bonds is 8. The summed E-state index contributed by atoms with van der Waals surface area (Å²) < 4.78 is 13.6. The van der Waals surface area contributed by atoms with Gasteiger partial charge in [0.2, 0.25) is 0 Å². The first kappa shape index (κ1) is 23.1. The van der Waals surface area contributed by atoms with Gasteiger partial charge in [-0.15, -0.1) is 0 Å². The Labute approximate surface area is 191 Å². The number of fused-ring (bicyclic) bond motifs is 2. The van der Waals surface area contributed by atoms with Gasteiger partial charge in [-0.3, -0.25) is 24.3 Å². The summed E-state index contributed by atoms with van der Waals surface area (Å²) in [6, 6.07) is 5.17. The second-order valence-electron chi connectivity index (χ2n) is 8.20. The fourth-order valence-electron chi connectivity index (χ4n) is 4.05. The highest BCUT2D eigenvalue weighted by Crippen LogP contribution is 2.12. The van der Waals surface area contributed by atoms with Gasteiger partial charge in [0.25, 0.3) is 11.5 Å². The van der Waals surface area contributed by atoms with E-state index in [0.717, 1.165) is 18.7 Å². The van der Waals surface area contributed by atoms with Gasteiger partial charge >= 0.3 is 0 Å². The van der Waals surface area contributed by atoms with Crippen molar-refractivity contribution >= 4 is 22.6 Å².